The fourth-order valence-corrected chi connectivity index (χ4v) is 4.74. The van der Waals surface area contributed by atoms with Gasteiger partial charge in [0.2, 0.25) is 5.78 Å². The lowest BCUT2D eigenvalue weighted by Gasteiger charge is -2.29. The highest BCUT2D eigenvalue weighted by Crippen LogP contribution is 2.47. The van der Waals surface area contributed by atoms with E-state index >= 15 is 0 Å². The number of aliphatic hydroxyl groups is 2. The number of anilines is 1. The maximum Gasteiger partial charge on any atom is 0.202 e. The van der Waals surface area contributed by atoms with Crippen molar-refractivity contribution in [1.82, 2.24) is 4.90 Å². The van der Waals surface area contributed by atoms with Crippen molar-refractivity contribution in [3.63, 3.8) is 0 Å². The number of hydrogen-bond donors (Lipinski definition) is 4. The summed E-state index contributed by atoms with van der Waals surface area (Å²) in [6.45, 7) is 11.0. The topological polar surface area (TPSA) is 122 Å². The normalized spacial score (nSPS) is 17.7. The Balaban J connectivity index is 2.01. The zero-order chi connectivity index (χ0) is 26.6. The van der Waals surface area contributed by atoms with Gasteiger partial charge < -0.3 is 30.2 Å². The largest absolute Gasteiger partial charge is 0.507 e. The van der Waals surface area contributed by atoms with Gasteiger partial charge in [0, 0.05) is 61.8 Å². The smallest absolute Gasteiger partial charge is 0.202 e. The van der Waals surface area contributed by atoms with Crippen LogP contribution in [0.3, 0.4) is 0 Å². The molecule has 2 aliphatic rings. The van der Waals surface area contributed by atoms with Gasteiger partial charge in [0.15, 0.2) is 5.78 Å². The van der Waals surface area contributed by atoms with E-state index in [4.69, 9.17) is 0 Å². The number of carbonyl (C=O) groups is 2. The Morgan fingerprint density at radius 2 is 1.17 bits per heavy atom. The average molecular weight is 497 g/mol. The predicted molar refractivity (Wildman–Crippen MR) is 140 cm³/mol. The Kier molecular flexibility index (Phi) is 8.50. The third kappa shape index (κ3) is 4.98. The average Bonchev–Trinajstić information content (AvgIpc) is 2.82. The number of phenols is 2. The van der Waals surface area contributed by atoms with Crippen molar-refractivity contribution in [2.45, 2.75) is 53.4 Å². The first-order valence-corrected chi connectivity index (χ1v) is 12.7. The van der Waals surface area contributed by atoms with Crippen LogP contribution < -0.4 is 4.90 Å². The molecule has 0 aliphatic heterocycles. The van der Waals surface area contributed by atoms with Crippen LogP contribution in [0.15, 0.2) is 52.6 Å². The van der Waals surface area contributed by atoms with E-state index in [1.165, 1.54) is 24.3 Å². The SMILES string of the molecule is CCCN(CCC)C1=CC(=O)/C(=C2/C(=O)C(c3c(O)cc(N(CCC)CCC)cc3O)=C2O)C(O)=C1. The van der Waals surface area contributed by atoms with Crippen LogP contribution in [0, 0.1) is 0 Å². The summed E-state index contributed by atoms with van der Waals surface area (Å²) < 4.78 is 0. The highest BCUT2D eigenvalue weighted by atomic mass is 16.3. The minimum atomic E-state index is -0.732. The van der Waals surface area contributed by atoms with E-state index in [-0.39, 0.29) is 33.8 Å². The van der Waals surface area contributed by atoms with Gasteiger partial charge in [-0.3, -0.25) is 9.59 Å². The van der Waals surface area contributed by atoms with Crippen molar-refractivity contribution < 1.29 is 30.0 Å². The minimum absolute atomic E-state index is 0.196. The van der Waals surface area contributed by atoms with Gasteiger partial charge in [0.05, 0.1) is 22.3 Å². The predicted octanol–water partition coefficient (Wildman–Crippen LogP) is 4.90. The molecule has 36 heavy (non-hydrogen) atoms. The second-order valence-electron chi connectivity index (χ2n) is 9.10. The van der Waals surface area contributed by atoms with Gasteiger partial charge in [0.25, 0.3) is 0 Å². The molecule has 194 valence electrons. The Labute approximate surface area is 212 Å². The van der Waals surface area contributed by atoms with Crippen LogP contribution in [0.2, 0.25) is 0 Å². The first kappa shape index (κ1) is 26.9. The maximum absolute atomic E-state index is 13.1. The van der Waals surface area contributed by atoms with E-state index in [0.29, 0.717) is 24.5 Å². The molecule has 0 spiro atoms. The molecule has 3 rings (SSSR count). The zero-order valence-corrected chi connectivity index (χ0v) is 21.5. The lowest BCUT2D eigenvalue weighted by Crippen LogP contribution is -2.30. The van der Waals surface area contributed by atoms with Crippen molar-refractivity contribution in [2.75, 3.05) is 31.1 Å². The van der Waals surface area contributed by atoms with Crippen LogP contribution in [0.5, 0.6) is 11.5 Å². The molecule has 0 unspecified atom stereocenters. The number of rotatable bonds is 11. The van der Waals surface area contributed by atoms with Gasteiger partial charge in [0.1, 0.15) is 23.0 Å². The number of hydrogen-bond acceptors (Lipinski definition) is 8. The lowest BCUT2D eigenvalue weighted by atomic mass is 9.78. The molecule has 1 aromatic rings. The summed E-state index contributed by atoms with van der Waals surface area (Å²) >= 11 is 0. The molecule has 2 aliphatic carbocycles. The number of benzene rings is 1. The Morgan fingerprint density at radius 3 is 1.61 bits per heavy atom. The lowest BCUT2D eigenvalue weighted by molar-refractivity contribution is -0.114. The highest BCUT2D eigenvalue weighted by Gasteiger charge is 2.42. The van der Waals surface area contributed by atoms with Crippen LogP contribution in [0.25, 0.3) is 5.57 Å². The van der Waals surface area contributed by atoms with Crippen molar-refractivity contribution in [3.05, 3.63) is 58.2 Å². The Morgan fingerprint density at radius 1 is 0.667 bits per heavy atom. The van der Waals surface area contributed by atoms with Crippen LogP contribution in [-0.4, -0.2) is 63.1 Å². The summed E-state index contributed by atoms with van der Waals surface area (Å²) in [4.78, 5) is 30.0. The molecule has 1 aromatic carbocycles. The second kappa shape index (κ2) is 11.4. The molecular formula is C28H36N2O6. The van der Waals surface area contributed by atoms with Crippen LogP contribution in [-0.2, 0) is 9.59 Å². The fraction of sp³-hybridized carbons (Fsp3) is 0.429. The van der Waals surface area contributed by atoms with E-state index in [9.17, 15) is 30.0 Å². The third-order valence-corrected chi connectivity index (χ3v) is 6.28. The molecule has 0 fully saturated rings. The van der Waals surface area contributed by atoms with Crippen molar-refractivity contribution >= 4 is 22.8 Å². The number of Topliss-reactive ketones (excluding diaryl/α,β-unsaturated/α-hetero) is 1. The Bertz CT molecular complexity index is 1140. The monoisotopic (exact) mass is 496 g/mol. The number of ketones is 2. The van der Waals surface area contributed by atoms with Crippen LogP contribution >= 0.6 is 0 Å². The Hall–Kier alpha value is -3.68. The number of allylic oxidation sites excluding steroid dienone is 5. The van der Waals surface area contributed by atoms with Gasteiger partial charge in [-0.05, 0) is 25.7 Å². The summed E-state index contributed by atoms with van der Waals surface area (Å²) in [5.41, 5.74) is 0.0655. The van der Waals surface area contributed by atoms with Gasteiger partial charge in [-0.15, -0.1) is 0 Å². The zero-order valence-electron chi connectivity index (χ0n) is 21.5. The fourth-order valence-electron chi connectivity index (χ4n) is 4.74. The molecule has 0 heterocycles. The molecule has 4 N–H and O–H groups in total. The van der Waals surface area contributed by atoms with Gasteiger partial charge in [-0.2, -0.15) is 0 Å². The molecule has 0 saturated carbocycles. The number of carbonyl (C=O) groups excluding carboxylic acids is 2. The number of aliphatic hydroxyl groups excluding tert-OH is 2. The van der Waals surface area contributed by atoms with E-state index in [0.717, 1.165) is 38.8 Å². The molecule has 0 atom stereocenters. The van der Waals surface area contributed by atoms with E-state index in [1.807, 2.05) is 37.5 Å². The molecule has 8 nitrogen and oxygen atoms in total. The number of aromatic hydroxyl groups is 2. The maximum atomic E-state index is 13.1. The molecular weight excluding hydrogens is 460 g/mol. The van der Waals surface area contributed by atoms with Crippen LogP contribution in [0.1, 0.15) is 58.9 Å². The number of phenolic OH excluding ortho intramolecular Hbond substituents is 2. The molecule has 0 saturated heterocycles. The van der Waals surface area contributed by atoms with Crippen molar-refractivity contribution in [3.8, 4) is 11.5 Å². The summed E-state index contributed by atoms with van der Waals surface area (Å²) in [6.07, 6.45) is 6.25. The van der Waals surface area contributed by atoms with Gasteiger partial charge in [-0.1, -0.05) is 27.7 Å². The molecule has 0 amide bonds. The molecule has 0 radical (unpaired) electrons. The summed E-state index contributed by atoms with van der Waals surface area (Å²) in [6, 6.07) is 2.90. The quantitative estimate of drug-likeness (QED) is 0.319. The summed E-state index contributed by atoms with van der Waals surface area (Å²) in [5.74, 6) is -2.97. The third-order valence-electron chi connectivity index (χ3n) is 6.28. The molecule has 0 bridgehead atoms. The van der Waals surface area contributed by atoms with Crippen molar-refractivity contribution in [1.29, 1.82) is 0 Å². The standard InChI is InChI=1S/C28H36N2O6/c1-5-9-29(10-6-2)17-13-19(31)23(20(32)14-17)25-27(35)26(28(25)36)24-21(33)15-18(16-22(24)34)30(11-7-3)12-8-4/h13-16,31-33,35H,5-12H2,1-4H3/b26-24+. The van der Waals surface area contributed by atoms with E-state index < -0.39 is 23.1 Å². The number of nitrogens with zero attached hydrogens (tertiary/aromatic N) is 2. The van der Waals surface area contributed by atoms with E-state index in [2.05, 4.69) is 0 Å². The second-order valence-corrected chi connectivity index (χ2v) is 9.10. The summed E-state index contributed by atoms with van der Waals surface area (Å²) in [5, 5.41) is 42.8. The molecule has 0 aromatic heterocycles. The van der Waals surface area contributed by atoms with E-state index in [1.54, 1.807) is 0 Å². The van der Waals surface area contributed by atoms with Gasteiger partial charge in [-0.25, -0.2) is 0 Å². The van der Waals surface area contributed by atoms with Crippen LogP contribution in [0.4, 0.5) is 5.69 Å². The highest BCUT2D eigenvalue weighted by molar-refractivity contribution is 6.42. The van der Waals surface area contributed by atoms with Crippen molar-refractivity contribution in [2.24, 2.45) is 0 Å². The van der Waals surface area contributed by atoms with Gasteiger partial charge >= 0.3 is 0 Å². The first-order chi connectivity index (χ1) is 17.2. The summed E-state index contributed by atoms with van der Waals surface area (Å²) in [7, 11) is 0. The first-order valence-electron chi connectivity index (χ1n) is 12.7. The molecule has 8 heteroatoms. The minimum Gasteiger partial charge on any atom is -0.507 e.